The summed E-state index contributed by atoms with van der Waals surface area (Å²) in [7, 11) is 1.39. The first-order valence-corrected chi connectivity index (χ1v) is 14.1. The number of phenolic OH excluding ortho intramolecular Hbond substituents is 1. The summed E-state index contributed by atoms with van der Waals surface area (Å²) in [5, 5.41) is 19.6. The number of likely N-dealkylation sites (tertiary alicyclic amines) is 1. The van der Waals surface area contributed by atoms with E-state index in [9.17, 15) is 29.1 Å². The van der Waals surface area contributed by atoms with Crippen molar-refractivity contribution in [1.29, 1.82) is 0 Å². The maximum absolute atomic E-state index is 13.5. The van der Waals surface area contributed by atoms with Crippen molar-refractivity contribution in [2.75, 3.05) is 13.7 Å². The molecule has 1 saturated heterocycles. The molecule has 1 aromatic carbocycles. The number of methoxy groups -OCH3 is 1. The van der Waals surface area contributed by atoms with Gasteiger partial charge in [0, 0.05) is 34.2 Å². The minimum atomic E-state index is -1.12. The van der Waals surface area contributed by atoms with E-state index in [0.29, 0.717) is 14.5 Å². The van der Waals surface area contributed by atoms with Crippen LogP contribution >= 0.6 is 47.8 Å². The van der Waals surface area contributed by atoms with Gasteiger partial charge in [0.05, 0.1) is 34.3 Å². The van der Waals surface area contributed by atoms with Gasteiger partial charge in [-0.2, -0.15) is 0 Å². The summed E-state index contributed by atoms with van der Waals surface area (Å²) in [4.78, 5) is 65.5. The van der Waals surface area contributed by atoms with Crippen LogP contribution in [0.15, 0.2) is 48.4 Å². The molecule has 5 rings (SSSR count). The molecule has 0 aromatic heterocycles. The van der Waals surface area contributed by atoms with E-state index in [1.807, 2.05) is 6.08 Å². The van der Waals surface area contributed by atoms with Gasteiger partial charge in [0.1, 0.15) is 0 Å². The SMILES string of the molecule is COc1cc([C@H]2C3=CC[C@@H]4C(=O)N(CCC(=O)O)C(=O)[C@@H]4[C@@H]3CC3=C2C(=O)C=C(Br)C3=O)c(Br)c(Br)c1O. The third kappa shape index (κ3) is 4.03. The smallest absolute Gasteiger partial charge is 0.305 e. The topological polar surface area (TPSA) is 138 Å². The molecule has 0 bridgehead atoms. The number of ether oxygens (including phenoxy) is 1. The number of halogens is 3. The van der Waals surface area contributed by atoms with E-state index in [1.165, 1.54) is 13.2 Å². The first-order valence-electron chi connectivity index (χ1n) is 11.7. The molecule has 4 atom stereocenters. The van der Waals surface area contributed by atoms with Crippen LogP contribution < -0.4 is 4.74 Å². The monoisotopic (exact) mass is 711 g/mol. The fourth-order valence-electron chi connectivity index (χ4n) is 6.03. The number of allylic oxidation sites excluding steroid dienone is 6. The second-order valence-corrected chi connectivity index (χ2v) is 12.0. The molecule has 2 amide bonds. The number of ketones is 2. The Balaban J connectivity index is 1.69. The predicted molar refractivity (Wildman–Crippen MR) is 144 cm³/mol. The number of hydrogen-bond acceptors (Lipinski definition) is 7. The number of phenols is 1. The standard InChI is InChI=1S/C26H20Br3NO8/c1-38-16-7-12(21(28)22(29)24(16)35)18-9-2-3-10-19(26(37)30(25(10)36)5-4-17(32)33)11(9)6-13-20(18)15(31)8-14(27)23(13)34/h2,7-8,10-11,18-19,35H,3-6H2,1H3,(H,32,33)/t10-,11+,18+,19-/m0/s1. The van der Waals surface area contributed by atoms with Crippen molar-refractivity contribution >= 4 is 77.1 Å². The van der Waals surface area contributed by atoms with Crippen LogP contribution in [0.3, 0.4) is 0 Å². The highest BCUT2D eigenvalue weighted by Crippen LogP contribution is 2.57. The highest BCUT2D eigenvalue weighted by atomic mass is 79.9. The summed E-state index contributed by atoms with van der Waals surface area (Å²) in [5.41, 5.74) is 1.80. The zero-order chi connectivity index (χ0) is 27.6. The first-order chi connectivity index (χ1) is 18.0. The van der Waals surface area contributed by atoms with Crippen LogP contribution in [0.5, 0.6) is 11.5 Å². The number of imide groups is 1. The summed E-state index contributed by atoms with van der Waals surface area (Å²) in [6, 6.07) is 1.58. The van der Waals surface area contributed by atoms with Gasteiger partial charge in [-0.15, -0.1) is 0 Å². The fourth-order valence-corrected chi connectivity index (χ4v) is 7.44. The van der Waals surface area contributed by atoms with E-state index in [0.717, 1.165) is 10.5 Å². The third-order valence-corrected chi connectivity index (χ3v) is 10.4. The van der Waals surface area contributed by atoms with Crippen molar-refractivity contribution in [3.8, 4) is 11.5 Å². The zero-order valence-corrected chi connectivity index (χ0v) is 24.6. The minimum Gasteiger partial charge on any atom is -0.503 e. The van der Waals surface area contributed by atoms with Crippen LogP contribution in [0.2, 0.25) is 0 Å². The Morgan fingerprint density at radius 3 is 2.47 bits per heavy atom. The van der Waals surface area contributed by atoms with Crippen LogP contribution in [0, 0.1) is 17.8 Å². The highest BCUT2D eigenvalue weighted by Gasteiger charge is 2.56. The molecule has 198 valence electrons. The number of amides is 2. The number of carboxylic acids is 1. The van der Waals surface area contributed by atoms with E-state index in [4.69, 9.17) is 9.84 Å². The van der Waals surface area contributed by atoms with Crippen molar-refractivity contribution in [3.63, 3.8) is 0 Å². The molecule has 2 N–H and O–H groups in total. The van der Waals surface area contributed by atoms with Gasteiger partial charge in [0.15, 0.2) is 23.1 Å². The van der Waals surface area contributed by atoms with Crippen LogP contribution in [-0.4, -0.2) is 58.1 Å². The summed E-state index contributed by atoms with van der Waals surface area (Å²) in [6.45, 7) is -0.223. The lowest BCUT2D eigenvalue weighted by Gasteiger charge is -2.42. The summed E-state index contributed by atoms with van der Waals surface area (Å²) in [5.74, 6) is -5.52. The Bertz CT molecular complexity index is 1440. The molecular formula is C26H20Br3NO8. The number of nitrogens with zero attached hydrogens (tertiary/aromatic N) is 1. The number of carbonyl (C=O) groups is 5. The van der Waals surface area contributed by atoms with Crippen LogP contribution in [-0.2, 0) is 24.0 Å². The molecule has 0 saturated carbocycles. The zero-order valence-electron chi connectivity index (χ0n) is 19.8. The Kier molecular flexibility index (Phi) is 7.02. The van der Waals surface area contributed by atoms with E-state index >= 15 is 0 Å². The van der Waals surface area contributed by atoms with Gasteiger partial charge in [0.25, 0.3) is 0 Å². The Morgan fingerprint density at radius 1 is 1.11 bits per heavy atom. The average molecular weight is 714 g/mol. The number of hydrogen-bond donors (Lipinski definition) is 2. The van der Waals surface area contributed by atoms with Crippen LogP contribution in [0.1, 0.15) is 30.7 Å². The Labute approximate surface area is 242 Å². The quantitative estimate of drug-likeness (QED) is 0.264. The number of carbonyl (C=O) groups excluding carboxylic acids is 4. The summed E-state index contributed by atoms with van der Waals surface area (Å²) in [6.07, 6.45) is 3.06. The fraction of sp³-hybridized carbons (Fsp3) is 0.346. The van der Waals surface area contributed by atoms with Crippen molar-refractivity contribution in [2.24, 2.45) is 17.8 Å². The van der Waals surface area contributed by atoms with Crippen molar-refractivity contribution < 1.29 is 38.9 Å². The third-order valence-electron chi connectivity index (χ3n) is 7.68. The number of aliphatic carboxylic acids is 1. The molecule has 1 heterocycles. The van der Waals surface area contributed by atoms with Crippen molar-refractivity contribution in [3.05, 3.63) is 53.9 Å². The average Bonchev–Trinajstić information content (AvgIpc) is 3.13. The predicted octanol–water partition coefficient (Wildman–Crippen LogP) is 4.16. The number of fused-ring (bicyclic) bond motifs is 3. The molecule has 0 radical (unpaired) electrons. The lowest BCUT2D eigenvalue weighted by atomic mass is 9.59. The lowest BCUT2D eigenvalue weighted by Crippen LogP contribution is -2.40. The normalized spacial score (nSPS) is 26.6. The molecule has 9 nitrogen and oxygen atoms in total. The maximum Gasteiger partial charge on any atom is 0.305 e. The number of carboxylic acid groups (broad SMARTS) is 1. The van der Waals surface area contributed by atoms with Crippen LogP contribution in [0.4, 0.5) is 0 Å². The van der Waals surface area contributed by atoms with E-state index in [2.05, 4.69) is 47.8 Å². The molecule has 0 spiro atoms. The molecule has 12 heteroatoms. The Hall–Kier alpha value is -2.57. The number of benzene rings is 1. The van der Waals surface area contributed by atoms with E-state index in [-0.39, 0.29) is 64.5 Å². The van der Waals surface area contributed by atoms with Gasteiger partial charge in [-0.3, -0.25) is 28.9 Å². The van der Waals surface area contributed by atoms with Gasteiger partial charge >= 0.3 is 5.97 Å². The molecular weight excluding hydrogens is 694 g/mol. The van der Waals surface area contributed by atoms with Crippen molar-refractivity contribution in [2.45, 2.75) is 25.2 Å². The van der Waals surface area contributed by atoms with Gasteiger partial charge < -0.3 is 14.9 Å². The molecule has 1 fully saturated rings. The second kappa shape index (κ2) is 9.87. The molecule has 1 aromatic rings. The second-order valence-electron chi connectivity index (χ2n) is 9.51. The minimum absolute atomic E-state index is 0.0894. The Morgan fingerprint density at radius 2 is 1.82 bits per heavy atom. The molecule has 0 unspecified atom stereocenters. The summed E-state index contributed by atoms with van der Waals surface area (Å²) >= 11 is 10.1. The van der Waals surface area contributed by atoms with E-state index < -0.39 is 41.5 Å². The summed E-state index contributed by atoms with van der Waals surface area (Å²) < 4.78 is 6.20. The highest BCUT2D eigenvalue weighted by molar-refractivity contribution is 9.13. The molecule has 38 heavy (non-hydrogen) atoms. The van der Waals surface area contributed by atoms with Gasteiger partial charge in [-0.25, -0.2) is 0 Å². The van der Waals surface area contributed by atoms with Crippen LogP contribution in [0.25, 0.3) is 0 Å². The number of Topliss-reactive ketones (excluding diaryl/α,β-unsaturated/α-hetero) is 1. The lowest BCUT2D eigenvalue weighted by molar-refractivity contribution is -0.142. The number of aromatic hydroxyl groups is 1. The van der Waals surface area contributed by atoms with E-state index in [1.54, 1.807) is 6.07 Å². The molecule has 4 aliphatic rings. The van der Waals surface area contributed by atoms with Gasteiger partial charge in [0.2, 0.25) is 11.8 Å². The number of rotatable bonds is 5. The van der Waals surface area contributed by atoms with Gasteiger partial charge in [-0.05, 0) is 78.2 Å². The molecule has 3 aliphatic carbocycles. The van der Waals surface area contributed by atoms with Crippen molar-refractivity contribution in [1.82, 2.24) is 4.90 Å². The molecule has 1 aliphatic heterocycles. The van der Waals surface area contributed by atoms with Gasteiger partial charge in [-0.1, -0.05) is 11.6 Å². The first kappa shape index (κ1) is 27.0. The largest absolute Gasteiger partial charge is 0.503 e. The maximum atomic E-state index is 13.5.